The molecule has 0 radical (unpaired) electrons. The maximum atomic E-state index is 12.9. The first-order valence-corrected chi connectivity index (χ1v) is 10.8. The van der Waals surface area contributed by atoms with Crippen LogP contribution in [0.2, 0.25) is 0 Å². The first kappa shape index (κ1) is 21.3. The average Bonchev–Trinajstić information content (AvgIpc) is 3.25. The second kappa shape index (κ2) is 9.90. The number of anilines is 1. The Morgan fingerprint density at radius 1 is 1.10 bits per heavy atom. The smallest absolute Gasteiger partial charge is 0.259 e. The van der Waals surface area contributed by atoms with Crippen molar-refractivity contribution in [2.24, 2.45) is 0 Å². The molecule has 162 valence electrons. The summed E-state index contributed by atoms with van der Waals surface area (Å²) in [5, 5.41) is 7.54. The fraction of sp³-hybridized carbons (Fsp3) is 0.360. The van der Waals surface area contributed by atoms with Crippen LogP contribution in [0.4, 0.5) is 5.82 Å². The van der Waals surface area contributed by atoms with Gasteiger partial charge in [0.25, 0.3) is 5.91 Å². The molecule has 1 saturated heterocycles. The number of aryl methyl sites for hydroxylation is 1. The van der Waals surface area contributed by atoms with Crippen molar-refractivity contribution in [3.8, 4) is 0 Å². The molecule has 1 aromatic heterocycles. The van der Waals surface area contributed by atoms with Crippen molar-refractivity contribution >= 4 is 11.7 Å². The van der Waals surface area contributed by atoms with Crippen LogP contribution >= 0.6 is 0 Å². The van der Waals surface area contributed by atoms with Gasteiger partial charge in [-0.1, -0.05) is 54.6 Å². The number of rotatable bonds is 7. The van der Waals surface area contributed by atoms with Gasteiger partial charge in [0.05, 0.1) is 12.2 Å². The van der Waals surface area contributed by atoms with E-state index in [2.05, 4.69) is 46.5 Å². The van der Waals surface area contributed by atoms with Crippen molar-refractivity contribution < 1.29 is 9.53 Å². The molecule has 1 amide bonds. The number of hydrogen-bond acceptors (Lipinski definition) is 4. The van der Waals surface area contributed by atoms with Crippen LogP contribution in [-0.2, 0) is 16.1 Å². The van der Waals surface area contributed by atoms with Crippen LogP contribution in [0.3, 0.4) is 0 Å². The Hall–Kier alpha value is -2.96. The van der Waals surface area contributed by atoms with Crippen LogP contribution in [0, 0.1) is 6.92 Å². The van der Waals surface area contributed by atoms with E-state index in [1.54, 1.807) is 13.3 Å². The van der Waals surface area contributed by atoms with Crippen LogP contribution in [-0.4, -0.2) is 40.8 Å². The predicted molar refractivity (Wildman–Crippen MR) is 122 cm³/mol. The summed E-state index contributed by atoms with van der Waals surface area (Å²) in [6, 6.07) is 20.2. The molecular weight excluding hydrogens is 388 g/mol. The molecule has 1 aliphatic rings. The van der Waals surface area contributed by atoms with E-state index in [1.165, 1.54) is 11.1 Å². The molecule has 1 atom stereocenters. The fourth-order valence-corrected chi connectivity index (χ4v) is 4.27. The van der Waals surface area contributed by atoms with E-state index in [4.69, 9.17) is 4.74 Å². The molecule has 6 heteroatoms. The summed E-state index contributed by atoms with van der Waals surface area (Å²) in [6.07, 6.45) is 3.10. The van der Waals surface area contributed by atoms with Gasteiger partial charge in [0, 0.05) is 32.8 Å². The molecule has 2 aromatic carbocycles. The largest absolute Gasteiger partial charge is 0.367 e. The minimum atomic E-state index is -0.652. The van der Waals surface area contributed by atoms with Gasteiger partial charge in [-0.3, -0.25) is 9.69 Å². The molecular formula is C25H30N4O2. The van der Waals surface area contributed by atoms with Gasteiger partial charge < -0.3 is 10.1 Å². The lowest BCUT2D eigenvalue weighted by atomic mass is 10.0. The number of hydrogen-bond donors (Lipinski definition) is 1. The third kappa shape index (κ3) is 5.03. The minimum Gasteiger partial charge on any atom is -0.367 e. The SMILES string of the molecule is CO[C@@H](C(=O)Nc1ccnn1C1CCN(Cc2ccccc2C)CC1)c1ccccc1. The number of piperidine rings is 1. The van der Waals surface area contributed by atoms with Crippen molar-refractivity contribution in [2.75, 3.05) is 25.5 Å². The van der Waals surface area contributed by atoms with Crippen LogP contribution in [0.25, 0.3) is 0 Å². The predicted octanol–water partition coefficient (Wildman–Crippen LogP) is 4.35. The van der Waals surface area contributed by atoms with E-state index in [9.17, 15) is 4.79 Å². The zero-order valence-electron chi connectivity index (χ0n) is 18.2. The molecule has 0 spiro atoms. The quantitative estimate of drug-likeness (QED) is 0.620. The van der Waals surface area contributed by atoms with E-state index >= 15 is 0 Å². The van der Waals surface area contributed by atoms with Crippen molar-refractivity contribution in [2.45, 2.75) is 38.5 Å². The first-order chi connectivity index (χ1) is 15.2. The lowest BCUT2D eigenvalue weighted by Gasteiger charge is -2.33. The highest BCUT2D eigenvalue weighted by Crippen LogP contribution is 2.27. The standard InChI is InChI=1S/C25H30N4O2/c1-19-8-6-7-11-21(19)18-28-16-13-22(14-17-28)29-23(12-15-26-29)27-25(30)24(31-2)20-9-4-3-5-10-20/h3-12,15,22,24H,13-14,16-18H2,1-2H3,(H,27,30)/t24-/m1/s1. The van der Waals surface area contributed by atoms with Crippen LogP contribution in [0.15, 0.2) is 66.9 Å². The van der Waals surface area contributed by atoms with Crippen molar-refractivity contribution in [1.82, 2.24) is 14.7 Å². The normalized spacial score (nSPS) is 16.2. The van der Waals surface area contributed by atoms with Crippen LogP contribution in [0.5, 0.6) is 0 Å². The molecule has 0 bridgehead atoms. The number of nitrogens with one attached hydrogen (secondary N) is 1. The van der Waals surface area contributed by atoms with Crippen molar-refractivity contribution in [3.63, 3.8) is 0 Å². The summed E-state index contributed by atoms with van der Waals surface area (Å²) < 4.78 is 7.42. The molecule has 3 aromatic rings. The highest BCUT2D eigenvalue weighted by atomic mass is 16.5. The molecule has 1 N–H and O–H groups in total. The highest BCUT2D eigenvalue weighted by Gasteiger charge is 2.25. The second-order valence-corrected chi connectivity index (χ2v) is 8.11. The zero-order chi connectivity index (χ0) is 21.6. The lowest BCUT2D eigenvalue weighted by Crippen LogP contribution is -2.35. The maximum Gasteiger partial charge on any atom is 0.259 e. The highest BCUT2D eigenvalue weighted by molar-refractivity contribution is 5.94. The van der Waals surface area contributed by atoms with E-state index < -0.39 is 6.10 Å². The molecule has 31 heavy (non-hydrogen) atoms. The van der Waals surface area contributed by atoms with Gasteiger partial charge in [-0.15, -0.1) is 0 Å². The Labute approximate surface area is 183 Å². The number of likely N-dealkylation sites (tertiary alicyclic amines) is 1. The summed E-state index contributed by atoms with van der Waals surface area (Å²) in [5.41, 5.74) is 3.56. The van der Waals surface area contributed by atoms with E-state index in [1.807, 2.05) is 41.1 Å². The second-order valence-electron chi connectivity index (χ2n) is 8.11. The van der Waals surface area contributed by atoms with Gasteiger partial charge in [-0.05, 0) is 36.5 Å². The number of carbonyl (C=O) groups excluding carboxylic acids is 1. The van der Waals surface area contributed by atoms with Gasteiger partial charge in [0.1, 0.15) is 5.82 Å². The topological polar surface area (TPSA) is 59.4 Å². The Morgan fingerprint density at radius 3 is 2.52 bits per heavy atom. The molecule has 0 aliphatic carbocycles. The fourth-order valence-electron chi connectivity index (χ4n) is 4.27. The molecule has 1 aliphatic heterocycles. The summed E-state index contributed by atoms with van der Waals surface area (Å²) in [6.45, 7) is 5.17. The minimum absolute atomic E-state index is 0.188. The maximum absolute atomic E-state index is 12.9. The average molecular weight is 419 g/mol. The lowest BCUT2D eigenvalue weighted by molar-refractivity contribution is -0.126. The van der Waals surface area contributed by atoms with Gasteiger partial charge in [0.15, 0.2) is 6.10 Å². The van der Waals surface area contributed by atoms with Gasteiger partial charge >= 0.3 is 0 Å². The third-order valence-electron chi connectivity index (χ3n) is 6.06. The molecule has 0 saturated carbocycles. The number of nitrogens with zero attached hydrogens (tertiary/aromatic N) is 3. The van der Waals surface area contributed by atoms with Crippen LogP contribution in [0.1, 0.15) is 41.7 Å². The Bertz CT molecular complexity index is 994. The third-order valence-corrected chi connectivity index (χ3v) is 6.06. The van der Waals surface area contributed by atoms with Gasteiger partial charge in [-0.25, -0.2) is 4.68 Å². The van der Waals surface area contributed by atoms with E-state index in [0.29, 0.717) is 0 Å². The summed E-state index contributed by atoms with van der Waals surface area (Å²) in [7, 11) is 1.55. The van der Waals surface area contributed by atoms with Gasteiger partial charge in [0.2, 0.25) is 0 Å². The number of methoxy groups -OCH3 is 1. The first-order valence-electron chi connectivity index (χ1n) is 10.8. The van der Waals surface area contributed by atoms with E-state index in [-0.39, 0.29) is 11.9 Å². The Balaban J connectivity index is 1.38. The number of amides is 1. The summed E-state index contributed by atoms with van der Waals surface area (Å²) in [4.78, 5) is 15.4. The van der Waals surface area contributed by atoms with Gasteiger partial charge in [-0.2, -0.15) is 5.10 Å². The number of ether oxygens (including phenoxy) is 1. The molecule has 0 unspecified atom stereocenters. The molecule has 2 heterocycles. The molecule has 1 fully saturated rings. The van der Waals surface area contributed by atoms with Crippen LogP contribution < -0.4 is 5.32 Å². The number of benzene rings is 2. The Kier molecular flexibility index (Phi) is 6.79. The molecule has 4 rings (SSSR count). The molecule has 6 nitrogen and oxygen atoms in total. The van der Waals surface area contributed by atoms with Crippen molar-refractivity contribution in [1.29, 1.82) is 0 Å². The summed E-state index contributed by atoms with van der Waals surface area (Å²) in [5.74, 6) is 0.535. The summed E-state index contributed by atoms with van der Waals surface area (Å²) >= 11 is 0. The zero-order valence-corrected chi connectivity index (χ0v) is 18.2. The monoisotopic (exact) mass is 418 g/mol. The van der Waals surface area contributed by atoms with Crippen molar-refractivity contribution in [3.05, 3.63) is 83.6 Å². The number of carbonyl (C=O) groups is 1. The number of aromatic nitrogens is 2. The van der Waals surface area contributed by atoms with E-state index in [0.717, 1.165) is 43.9 Å². The Morgan fingerprint density at radius 2 is 1.81 bits per heavy atom.